The van der Waals surface area contributed by atoms with Gasteiger partial charge in [-0.2, -0.15) is 10.2 Å². The average Bonchev–Trinajstić information content (AvgIpc) is 3.62. The smallest absolute Gasteiger partial charge is 0.252 e. The van der Waals surface area contributed by atoms with Gasteiger partial charge in [-0.05, 0) is 19.1 Å². The first-order chi connectivity index (χ1) is 18.5. The van der Waals surface area contributed by atoms with Crippen LogP contribution in [0.25, 0.3) is 27.7 Å². The van der Waals surface area contributed by atoms with Crippen molar-refractivity contribution < 1.29 is 9.53 Å². The second-order valence-corrected chi connectivity index (χ2v) is 9.55. The Morgan fingerprint density at radius 2 is 1.95 bits per heavy atom. The van der Waals surface area contributed by atoms with Crippen LogP contribution in [0.2, 0.25) is 0 Å². The molecule has 38 heavy (non-hydrogen) atoms. The summed E-state index contributed by atoms with van der Waals surface area (Å²) in [6, 6.07) is 3.88. The van der Waals surface area contributed by atoms with Crippen LogP contribution in [0, 0.1) is 6.92 Å². The molecule has 1 fully saturated rings. The molecule has 5 aromatic rings. The Balaban J connectivity index is 1.24. The van der Waals surface area contributed by atoms with E-state index in [-0.39, 0.29) is 5.91 Å². The van der Waals surface area contributed by atoms with Gasteiger partial charge in [0, 0.05) is 64.4 Å². The Morgan fingerprint density at radius 3 is 2.74 bits per heavy atom. The van der Waals surface area contributed by atoms with Gasteiger partial charge in [0.1, 0.15) is 0 Å². The number of aryl methyl sites for hydroxylation is 3. The summed E-state index contributed by atoms with van der Waals surface area (Å²) in [4.78, 5) is 24.0. The van der Waals surface area contributed by atoms with Crippen molar-refractivity contribution in [3.63, 3.8) is 0 Å². The minimum Gasteiger partial charge on any atom is -0.379 e. The molecule has 0 aliphatic carbocycles. The van der Waals surface area contributed by atoms with Crippen molar-refractivity contribution in [3.8, 4) is 11.3 Å². The lowest BCUT2D eigenvalue weighted by Crippen LogP contribution is -2.41. The summed E-state index contributed by atoms with van der Waals surface area (Å²) in [5, 5.41) is 16.6. The van der Waals surface area contributed by atoms with Gasteiger partial charge in [-0.1, -0.05) is 0 Å². The maximum atomic E-state index is 12.8. The van der Waals surface area contributed by atoms with E-state index in [1.807, 2.05) is 53.2 Å². The van der Waals surface area contributed by atoms with Crippen molar-refractivity contribution >= 4 is 33.8 Å². The number of nitrogens with one attached hydrogen (secondary N) is 2. The summed E-state index contributed by atoms with van der Waals surface area (Å²) in [7, 11) is 3.85. The first-order valence-corrected chi connectivity index (χ1v) is 12.6. The van der Waals surface area contributed by atoms with E-state index >= 15 is 0 Å². The summed E-state index contributed by atoms with van der Waals surface area (Å²) < 4.78 is 11.0. The highest BCUT2D eigenvalue weighted by molar-refractivity contribution is 6.01. The number of imidazole rings is 1. The standard InChI is InChI=1S/C26H30N10O2/c1-17-21(10-18(12-28-17)26(37)27-4-5-35-6-8-38-9-7-35)31-25-20-13-30-36-14-19(22-15-33(2)16-29-22)11-23(36)24(20)34(3)32-25/h10-16H,4-9H2,1-3H3,(H,27,37)(H,31,32). The van der Waals surface area contributed by atoms with Crippen LogP contribution in [0.1, 0.15) is 16.1 Å². The maximum absolute atomic E-state index is 12.8. The molecule has 1 saturated heterocycles. The normalized spacial score (nSPS) is 14.4. The first-order valence-electron chi connectivity index (χ1n) is 12.6. The molecule has 12 nitrogen and oxygen atoms in total. The van der Waals surface area contributed by atoms with Crippen molar-refractivity contribution in [2.24, 2.45) is 14.1 Å². The minimum absolute atomic E-state index is 0.154. The summed E-state index contributed by atoms with van der Waals surface area (Å²) in [6.07, 6.45) is 9.12. The average molecular weight is 515 g/mol. The third kappa shape index (κ3) is 4.59. The number of amides is 1. The number of morpholine rings is 1. The van der Waals surface area contributed by atoms with Gasteiger partial charge in [-0.25, -0.2) is 9.50 Å². The van der Waals surface area contributed by atoms with Crippen LogP contribution in [0.15, 0.2) is 43.2 Å². The summed E-state index contributed by atoms with van der Waals surface area (Å²) in [5.74, 6) is 0.492. The van der Waals surface area contributed by atoms with E-state index in [1.54, 1.807) is 18.7 Å². The molecule has 1 aliphatic rings. The second kappa shape index (κ2) is 9.88. The van der Waals surface area contributed by atoms with Crippen LogP contribution < -0.4 is 10.6 Å². The van der Waals surface area contributed by atoms with Gasteiger partial charge in [0.25, 0.3) is 5.91 Å². The summed E-state index contributed by atoms with van der Waals surface area (Å²) >= 11 is 0. The molecule has 0 aromatic carbocycles. The molecule has 0 atom stereocenters. The number of nitrogens with zero attached hydrogens (tertiary/aromatic N) is 8. The molecule has 12 heteroatoms. The predicted octanol–water partition coefficient (Wildman–Crippen LogP) is 2.13. The third-order valence-electron chi connectivity index (χ3n) is 6.86. The number of carbonyl (C=O) groups is 1. The fourth-order valence-electron chi connectivity index (χ4n) is 4.77. The fraction of sp³-hybridized carbons (Fsp3) is 0.346. The van der Waals surface area contributed by atoms with Crippen molar-refractivity contribution in [1.29, 1.82) is 0 Å². The lowest BCUT2D eigenvalue weighted by atomic mass is 10.2. The van der Waals surface area contributed by atoms with Gasteiger partial charge in [-0.15, -0.1) is 0 Å². The SMILES string of the molecule is Cc1ncc(C(=O)NCCN2CCOCC2)cc1Nc1nn(C)c2c1cnn1cc(-c3cn(C)cn3)cc21. The van der Waals surface area contributed by atoms with Crippen LogP contribution in [0.5, 0.6) is 0 Å². The fourth-order valence-corrected chi connectivity index (χ4v) is 4.77. The van der Waals surface area contributed by atoms with E-state index in [9.17, 15) is 4.79 Å². The Morgan fingerprint density at radius 1 is 1.11 bits per heavy atom. The summed E-state index contributed by atoms with van der Waals surface area (Å²) in [6.45, 7) is 6.53. The molecular weight excluding hydrogens is 484 g/mol. The molecule has 196 valence electrons. The highest BCUT2D eigenvalue weighted by atomic mass is 16.5. The first kappa shape index (κ1) is 24.1. The highest BCUT2D eigenvalue weighted by Crippen LogP contribution is 2.31. The molecule has 1 amide bonds. The zero-order valence-corrected chi connectivity index (χ0v) is 21.7. The van der Waals surface area contributed by atoms with E-state index in [0.29, 0.717) is 17.9 Å². The molecule has 5 aromatic heterocycles. The van der Waals surface area contributed by atoms with E-state index in [2.05, 4.69) is 36.7 Å². The van der Waals surface area contributed by atoms with Gasteiger partial charge < -0.3 is 19.9 Å². The number of hydrogen-bond acceptors (Lipinski definition) is 8. The van der Waals surface area contributed by atoms with Crippen molar-refractivity contribution in [3.05, 3.63) is 54.5 Å². The zero-order valence-electron chi connectivity index (χ0n) is 21.7. The number of aromatic nitrogens is 7. The monoisotopic (exact) mass is 514 g/mol. The van der Waals surface area contributed by atoms with Crippen molar-refractivity contribution in [2.45, 2.75) is 6.92 Å². The Bertz CT molecular complexity index is 1630. The van der Waals surface area contributed by atoms with E-state index in [4.69, 9.17) is 9.84 Å². The van der Waals surface area contributed by atoms with Crippen LogP contribution in [0.4, 0.5) is 11.5 Å². The minimum atomic E-state index is -0.154. The molecule has 0 spiro atoms. The number of hydrogen-bond donors (Lipinski definition) is 2. The molecular formula is C26H30N10O2. The number of carbonyl (C=O) groups excluding carboxylic acids is 1. The van der Waals surface area contributed by atoms with Crippen LogP contribution in [-0.4, -0.2) is 84.1 Å². The van der Waals surface area contributed by atoms with Crippen LogP contribution in [0.3, 0.4) is 0 Å². The molecule has 0 saturated carbocycles. The molecule has 0 unspecified atom stereocenters. The van der Waals surface area contributed by atoms with Gasteiger partial charge in [0.2, 0.25) is 0 Å². The number of anilines is 2. The predicted molar refractivity (Wildman–Crippen MR) is 144 cm³/mol. The second-order valence-electron chi connectivity index (χ2n) is 9.55. The Labute approximate surface area is 219 Å². The van der Waals surface area contributed by atoms with Gasteiger partial charge in [0.15, 0.2) is 5.82 Å². The van der Waals surface area contributed by atoms with Gasteiger partial charge in [-0.3, -0.25) is 19.4 Å². The number of rotatable bonds is 7. The maximum Gasteiger partial charge on any atom is 0.252 e. The Kier molecular flexibility index (Phi) is 6.26. The highest BCUT2D eigenvalue weighted by Gasteiger charge is 2.17. The Hall–Kier alpha value is -4.29. The third-order valence-corrected chi connectivity index (χ3v) is 6.86. The van der Waals surface area contributed by atoms with Gasteiger partial charge in [0.05, 0.1) is 64.8 Å². The lowest BCUT2D eigenvalue weighted by Gasteiger charge is -2.26. The molecule has 6 heterocycles. The molecule has 0 radical (unpaired) electrons. The largest absolute Gasteiger partial charge is 0.379 e. The zero-order chi connectivity index (χ0) is 26.2. The van der Waals surface area contributed by atoms with Crippen LogP contribution >= 0.6 is 0 Å². The van der Waals surface area contributed by atoms with Gasteiger partial charge >= 0.3 is 0 Å². The number of ether oxygens (including phenoxy) is 1. The van der Waals surface area contributed by atoms with Crippen molar-refractivity contribution in [2.75, 3.05) is 44.7 Å². The molecule has 1 aliphatic heterocycles. The summed E-state index contributed by atoms with van der Waals surface area (Å²) in [5.41, 5.74) is 5.70. The van der Waals surface area contributed by atoms with E-state index in [1.165, 1.54) is 0 Å². The lowest BCUT2D eigenvalue weighted by molar-refractivity contribution is 0.0383. The number of fused-ring (bicyclic) bond motifs is 3. The van der Waals surface area contributed by atoms with Crippen molar-refractivity contribution in [1.82, 2.24) is 44.1 Å². The molecule has 6 rings (SSSR count). The number of pyridine rings is 1. The topological polar surface area (TPSA) is 119 Å². The van der Waals surface area contributed by atoms with Crippen LogP contribution in [-0.2, 0) is 18.8 Å². The van der Waals surface area contributed by atoms with E-state index in [0.717, 1.165) is 71.9 Å². The molecule has 2 N–H and O–H groups in total. The quantitative estimate of drug-likeness (QED) is 0.339. The molecule has 0 bridgehead atoms. The van der Waals surface area contributed by atoms with E-state index < -0.39 is 0 Å².